The summed E-state index contributed by atoms with van der Waals surface area (Å²) >= 11 is 0. The number of amides is 2. The molecule has 1 aliphatic heterocycles. The standard InChI is InChI=1S/C23H26N6O3/c1-14-10-15(2)29(27-14)13-21(30)28-9-8-18-16(12-28)11-17(22(24)25-18)23(31)26-19-6-4-5-7-20(19)32-3/h4-7,10-11H,8-9,12-13H2,1-3H3,(H2,24,25)(H,26,31). The molecule has 1 aromatic carbocycles. The van der Waals surface area contributed by atoms with Crippen LogP contribution in [0.15, 0.2) is 36.4 Å². The number of aromatic nitrogens is 3. The number of nitrogens with two attached hydrogens (primary N) is 1. The van der Waals surface area contributed by atoms with Gasteiger partial charge in [-0.1, -0.05) is 12.1 Å². The second-order valence-corrected chi connectivity index (χ2v) is 7.83. The minimum atomic E-state index is -0.381. The Morgan fingerprint density at radius 2 is 2.00 bits per heavy atom. The van der Waals surface area contributed by atoms with Gasteiger partial charge in [0, 0.05) is 30.9 Å². The molecule has 3 aromatic rings. The number of nitrogens with one attached hydrogen (secondary N) is 1. The van der Waals surface area contributed by atoms with Crippen LogP contribution >= 0.6 is 0 Å². The monoisotopic (exact) mass is 434 g/mol. The minimum Gasteiger partial charge on any atom is -0.495 e. The van der Waals surface area contributed by atoms with Crippen molar-refractivity contribution in [2.75, 3.05) is 24.7 Å². The fraction of sp³-hybridized carbons (Fsp3) is 0.304. The van der Waals surface area contributed by atoms with E-state index in [9.17, 15) is 9.59 Å². The summed E-state index contributed by atoms with van der Waals surface area (Å²) in [5.74, 6) is 0.303. The quantitative estimate of drug-likeness (QED) is 0.637. The molecule has 32 heavy (non-hydrogen) atoms. The highest BCUT2D eigenvalue weighted by Crippen LogP contribution is 2.26. The Morgan fingerprint density at radius 3 is 2.72 bits per heavy atom. The molecule has 0 saturated heterocycles. The zero-order valence-electron chi connectivity index (χ0n) is 18.4. The number of anilines is 2. The number of para-hydroxylation sites is 2. The summed E-state index contributed by atoms with van der Waals surface area (Å²) in [6.45, 7) is 4.93. The lowest BCUT2D eigenvalue weighted by atomic mass is 10.0. The number of hydrogen-bond acceptors (Lipinski definition) is 6. The number of carbonyl (C=O) groups is 2. The topological polar surface area (TPSA) is 115 Å². The fourth-order valence-electron chi connectivity index (χ4n) is 3.88. The molecule has 3 heterocycles. The second kappa shape index (κ2) is 8.70. The van der Waals surface area contributed by atoms with Gasteiger partial charge in [-0.3, -0.25) is 14.3 Å². The number of aryl methyl sites for hydroxylation is 2. The smallest absolute Gasteiger partial charge is 0.259 e. The van der Waals surface area contributed by atoms with Crippen molar-refractivity contribution in [3.63, 3.8) is 0 Å². The highest BCUT2D eigenvalue weighted by atomic mass is 16.5. The number of methoxy groups -OCH3 is 1. The number of fused-ring (bicyclic) bond motifs is 1. The molecule has 3 N–H and O–H groups in total. The maximum Gasteiger partial charge on any atom is 0.259 e. The van der Waals surface area contributed by atoms with Gasteiger partial charge in [0.1, 0.15) is 18.1 Å². The van der Waals surface area contributed by atoms with E-state index < -0.39 is 0 Å². The summed E-state index contributed by atoms with van der Waals surface area (Å²) in [4.78, 5) is 32.0. The van der Waals surface area contributed by atoms with Crippen molar-refractivity contribution in [2.45, 2.75) is 33.4 Å². The number of pyridine rings is 1. The zero-order chi connectivity index (χ0) is 22.8. The van der Waals surface area contributed by atoms with Crippen molar-refractivity contribution in [1.82, 2.24) is 19.7 Å². The van der Waals surface area contributed by atoms with Crippen molar-refractivity contribution in [2.24, 2.45) is 0 Å². The molecule has 0 aliphatic carbocycles. The van der Waals surface area contributed by atoms with Gasteiger partial charge in [0.15, 0.2) is 0 Å². The van der Waals surface area contributed by atoms with Crippen LogP contribution in [0.5, 0.6) is 5.75 Å². The molecule has 9 heteroatoms. The molecule has 2 aromatic heterocycles. The number of nitrogen functional groups attached to an aromatic ring is 1. The van der Waals surface area contributed by atoms with E-state index in [2.05, 4.69) is 15.4 Å². The van der Waals surface area contributed by atoms with E-state index in [0.717, 1.165) is 22.6 Å². The van der Waals surface area contributed by atoms with E-state index >= 15 is 0 Å². The van der Waals surface area contributed by atoms with Crippen LogP contribution in [-0.2, 0) is 24.3 Å². The van der Waals surface area contributed by atoms with Gasteiger partial charge < -0.3 is 20.7 Å². The number of hydrogen-bond donors (Lipinski definition) is 2. The van der Waals surface area contributed by atoms with Gasteiger partial charge >= 0.3 is 0 Å². The summed E-state index contributed by atoms with van der Waals surface area (Å²) in [5.41, 5.74) is 10.3. The highest BCUT2D eigenvalue weighted by molar-refractivity contribution is 6.08. The summed E-state index contributed by atoms with van der Waals surface area (Å²) in [6, 6.07) is 10.8. The first-order valence-corrected chi connectivity index (χ1v) is 10.4. The van der Waals surface area contributed by atoms with Crippen LogP contribution in [-0.4, -0.2) is 45.1 Å². The Kier molecular flexibility index (Phi) is 5.81. The Labute approximate surface area is 186 Å². The molecule has 4 rings (SSSR count). The van der Waals surface area contributed by atoms with Crippen LogP contribution in [0.3, 0.4) is 0 Å². The number of ether oxygens (including phenoxy) is 1. The fourth-order valence-corrected chi connectivity index (χ4v) is 3.88. The Hall–Kier alpha value is -3.88. The average molecular weight is 435 g/mol. The third-order valence-corrected chi connectivity index (χ3v) is 5.54. The van der Waals surface area contributed by atoms with E-state index in [1.54, 1.807) is 33.8 Å². The molecule has 0 saturated carbocycles. The van der Waals surface area contributed by atoms with E-state index in [-0.39, 0.29) is 29.7 Å². The van der Waals surface area contributed by atoms with Gasteiger partial charge in [-0.25, -0.2) is 4.98 Å². The maximum atomic E-state index is 12.9. The molecule has 0 bridgehead atoms. The van der Waals surface area contributed by atoms with Crippen molar-refractivity contribution < 1.29 is 14.3 Å². The number of nitrogens with zero attached hydrogens (tertiary/aromatic N) is 4. The van der Waals surface area contributed by atoms with Crippen LogP contribution in [0, 0.1) is 13.8 Å². The van der Waals surface area contributed by atoms with Crippen molar-refractivity contribution in [3.8, 4) is 5.75 Å². The Bertz CT molecular complexity index is 1190. The molecule has 0 unspecified atom stereocenters. The van der Waals surface area contributed by atoms with Crippen LogP contribution in [0.2, 0.25) is 0 Å². The maximum absolute atomic E-state index is 12.9. The van der Waals surface area contributed by atoms with Crippen molar-refractivity contribution in [3.05, 3.63) is 64.6 Å². The minimum absolute atomic E-state index is 0.0290. The first-order valence-electron chi connectivity index (χ1n) is 10.4. The Morgan fingerprint density at radius 1 is 1.22 bits per heavy atom. The molecule has 2 amide bonds. The van der Waals surface area contributed by atoms with E-state index in [1.165, 1.54) is 7.11 Å². The summed E-state index contributed by atoms with van der Waals surface area (Å²) in [5, 5.41) is 7.19. The van der Waals surface area contributed by atoms with Gasteiger partial charge in [-0.15, -0.1) is 0 Å². The molecule has 1 aliphatic rings. The zero-order valence-corrected chi connectivity index (χ0v) is 18.4. The summed E-state index contributed by atoms with van der Waals surface area (Å²) in [7, 11) is 1.54. The largest absolute Gasteiger partial charge is 0.495 e. The third kappa shape index (κ3) is 4.27. The molecule has 9 nitrogen and oxygen atoms in total. The van der Waals surface area contributed by atoms with Crippen LogP contribution < -0.4 is 15.8 Å². The lowest BCUT2D eigenvalue weighted by molar-refractivity contribution is -0.133. The van der Waals surface area contributed by atoms with Gasteiger partial charge in [-0.2, -0.15) is 5.10 Å². The SMILES string of the molecule is COc1ccccc1NC(=O)c1cc2c(nc1N)CCN(C(=O)Cn1nc(C)cc1C)C2. The summed E-state index contributed by atoms with van der Waals surface area (Å²) in [6.07, 6.45) is 0.580. The van der Waals surface area contributed by atoms with Gasteiger partial charge in [0.2, 0.25) is 5.91 Å². The van der Waals surface area contributed by atoms with Crippen LogP contribution in [0.25, 0.3) is 0 Å². The molecule has 166 valence electrons. The molecule has 0 fully saturated rings. The van der Waals surface area contributed by atoms with E-state index in [0.29, 0.717) is 30.9 Å². The third-order valence-electron chi connectivity index (χ3n) is 5.54. The predicted octanol–water partition coefficient (Wildman–Crippen LogP) is 2.32. The molecule has 0 spiro atoms. The van der Waals surface area contributed by atoms with Crippen LogP contribution in [0.1, 0.15) is 33.0 Å². The molecule has 0 atom stereocenters. The average Bonchev–Trinajstić information content (AvgIpc) is 3.09. The normalized spacial score (nSPS) is 12.9. The lowest BCUT2D eigenvalue weighted by Gasteiger charge is -2.29. The van der Waals surface area contributed by atoms with Crippen molar-refractivity contribution in [1.29, 1.82) is 0 Å². The molecular formula is C23H26N6O3. The Balaban J connectivity index is 1.52. The number of rotatable bonds is 5. The molecular weight excluding hydrogens is 408 g/mol. The van der Waals surface area contributed by atoms with E-state index in [1.807, 2.05) is 26.0 Å². The lowest BCUT2D eigenvalue weighted by Crippen LogP contribution is -2.39. The van der Waals surface area contributed by atoms with Gasteiger partial charge in [0.05, 0.1) is 24.1 Å². The van der Waals surface area contributed by atoms with Crippen molar-refractivity contribution >= 4 is 23.3 Å². The second-order valence-electron chi connectivity index (χ2n) is 7.83. The van der Waals surface area contributed by atoms with Crippen LogP contribution in [0.4, 0.5) is 11.5 Å². The van der Waals surface area contributed by atoms with Gasteiger partial charge in [0.25, 0.3) is 5.91 Å². The predicted molar refractivity (Wildman–Crippen MR) is 120 cm³/mol. The van der Waals surface area contributed by atoms with E-state index in [4.69, 9.17) is 10.5 Å². The molecule has 0 radical (unpaired) electrons. The number of benzene rings is 1. The number of carbonyl (C=O) groups excluding carboxylic acids is 2. The summed E-state index contributed by atoms with van der Waals surface area (Å²) < 4.78 is 7.00. The highest BCUT2D eigenvalue weighted by Gasteiger charge is 2.25. The first-order chi connectivity index (χ1) is 15.4. The first kappa shape index (κ1) is 21.4. The van der Waals surface area contributed by atoms with Gasteiger partial charge in [-0.05, 0) is 43.7 Å².